The molecule has 0 spiro atoms. The highest BCUT2D eigenvalue weighted by atomic mass is 79.9. The summed E-state index contributed by atoms with van der Waals surface area (Å²) < 4.78 is 19.7. The molecule has 11 heteroatoms. The first-order valence-electron chi connectivity index (χ1n) is 12.9. The van der Waals surface area contributed by atoms with Crippen molar-refractivity contribution in [1.82, 2.24) is 4.57 Å². The van der Waals surface area contributed by atoms with Crippen LogP contribution in [0, 0.1) is 0 Å². The van der Waals surface area contributed by atoms with Gasteiger partial charge >= 0.3 is 5.97 Å². The number of thiazole rings is 1. The van der Waals surface area contributed by atoms with Gasteiger partial charge in [-0.2, -0.15) is 0 Å². The van der Waals surface area contributed by atoms with Crippen molar-refractivity contribution in [1.29, 1.82) is 0 Å². The van der Waals surface area contributed by atoms with Gasteiger partial charge in [0.1, 0.15) is 6.61 Å². The summed E-state index contributed by atoms with van der Waals surface area (Å²) >= 11 is 17.0. The number of esters is 1. The van der Waals surface area contributed by atoms with E-state index in [4.69, 9.17) is 37.4 Å². The van der Waals surface area contributed by atoms with Crippen molar-refractivity contribution in [2.75, 3.05) is 13.7 Å². The minimum absolute atomic E-state index is 0.198. The summed E-state index contributed by atoms with van der Waals surface area (Å²) in [6, 6.07) is 17.4. The van der Waals surface area contributed by atoms with Crippen molar-refractivity contribution >= 4 is 62.5 Å². The maximum atomic E-state index is 13.9. The first-order valence-corrected chi connectivity index (χ1v) is 15.3. The Balaban J connectivity index is 1.56. The minimum Gasteiger partial charge on any atom is -0.493 e. The molecule has 0 amide bonds. The summed E-state index contributed by atoms with van der Waals surface area (Å²) in [5.74, 6) is 0.510. The molecule has 1 aliphatic rings. The van der Waals surface area contributed by atoms with Crippen LogP contribution >= 0.6 is 50.5 Å². The fourth-order valence-corrected chi connectivity index (χ4v) is 6.48. The summed E-state index contributed by atoms with van der Waals surface area (Å²) in [4.78, 5) is 32.0. The zero-order valence-corrected chi connectivity index (χ0v) is 26.7. The third kappa shape index (κ3) is 6.20. The van der Waals surface area contributed by atoms with Crippen LogP contribution in [-0.2, 0) is 16.1 Å². The Kier molecular flexibility index (Phi) is 9.22. The van der Waals surface area contributed by atoms with E-state index in [0.29, 0.717) is 58.8 Å². The lowest BCUT2D eigenvalue weighted by Gasteiger charge is -2.24. The van der Waals surface area contributed by atoms with Crippen molar-refractivity contribution in [3.05, 3.63) is 123 Å². The number of aromatic nitrogens is 1. The molecule has 0 saturated heterocycles. The van der Waals surface area contributed by atoms with E-state index in [1.165, 1.54) is 15.9 Å². The van der Waals surface area contributed by atoms with Gasteiger partial charge in [-0.15, -0.1) is 0 Å². The molecule has 0 unspecified atom stereocenters. The maximum Gasteiger partial charge on any atom is 0.338 e. The molecule has 0 bridgehead atoms. The number of halogens is 3. The lowest BCUT2D eigenvalue weighted by Crippen LogP contribution is -2.39. The number of carbonyl (C=O) groups excluding carboxylic acids is 1. The van der Waals surface area contributed by atoms with Gasteiger partial charge in [0.2, 0.25) is 0 Å². The van der Waals surface area contributed by atoms with Gasteiger partial charge in [-0.25, -0.2) is 9.79 Å². The Morgan fingerprint density at radius 3 is 2.40 bits per heavy atom. The fraction of sp³-hybridized carbons (Fsp3) is 0.194. The molecule has 1 aromatic heterocycles. The van der Waals surface area contributed by atoms with Gasteiger partial charge < -0.3 is 14.2 Å². The number of rotatable bonds is 8. The molecule has 216 valence electrons. The Bertz CT molecular complexity index is 1870. The summed E-state index contributed by atoms with van der Waals surface area (Å²) in [5, 5.41) is 1.20. The van der Waals surface area contributed by atoms with E-state index in [0.717, 1.165) is 11.1 Å². The number of hydrogen-bond donors (Lipinski definition) is 0. The molecule has 42 heavy (non-hydrogen) atoms. The molecule has 7 nitrogen and oxygen atoms in total. The average Bonchev–Trinajstić information content (AvgIpc) is 3.26. The van der Waals surface area contributed by atoms with Gasteiger partial charge in [0.05, 0.1) is 40.0 Å². The molecule has 2 heterocycles. The van der Waals surface area contributed by atoms with Gasteiger partial charge in [-0.05, 0) is 88.9 Å². The molecular weight excluding hydrogens is 663 g/mol. The molecule has 1 aliphatic heterocycles. The third-order valence-electron chi connectivity index (χ3n) is 6.55. The van der Waals surface area contributed by atoms with Crippen LogP contribution in [-0.4, -0.2) is 24.3 Å². The molecule has 4 aromatic rings. The molecule has 3 aromatic carbocycles. The highest BCUT2D eigenvalue weighted by Gasteiger charge is 2.33. The zero-order chi connectivity index (χ0) is 30.0. The van der Waals surface area contributed by atoms with Crippen molar-refractivity contribution in [3.8, 4) is 11.5 Å². The SMILES string of the molecule is CCOC(=O)C1=C(C)N=c2s/c(=C\c3cc(Br)c(OCc4ccc(Cl)cc4)c(OC)c3)c(=O)n2[C@@H]1c1ccc(Cl)cc1. The number of allylic oxidation sites excluding steroid dienone is 1. The van der Waals surface area contributed by atoms with Crippen LogP contribution in [0.2, 0.25) is 10.0 Å². The predicted octanol–water partition coefficient (Wildman–Crippen LogP) is 6.46. The molecule has 5 rings (SSSR count). The lowest BCUT2D eigenvalue weighted by atomic mass is 9.96. The molecule has 0 N–H and O–H groups in total. The highest BCUT2D eigenvalue weighted by Crippen LogP contribution is 2.37. The van der Waals surface area contributed by atoms with E-state index in [2.05, 4.69) is 20.9 Å². The second-order valence-electron chi connectivity index (χ2n) is 9.30. The summed E-state index contributed by atoms with van der Waals surface area (Å²) in [7, 11) is 1.56. The second-order valence-corrected chi connectivity index (χ2v) is 12.0. The summed E-state index contributed by atoms with van der Waals surface area (Å²) in [5.41, 5.74) is 2.90. The monoisotopic (exact) mass is 686 g/mol. The Labute approximate surface area is 264 Å². The Hall–Kier alpha value is -3.37. The van der Waals surface area contributed by atoms with E-state index in [9.17, 15) is 9.59 Å². The third-order valence-corrected chi connectivity index (χ3v) is 8.62. The predicted molar refractivity (Wildman–Crippen MR) is 168 cm³/mol. The normalized spacial score (nSPS) is 14.8. The lowest BCUT2D eigenvalue weighted by molar-refractivity contribution is -0.139. The number of methoxy groups -OCH3 is 1. The number of fused-ring (bicyclic) bond motifs is 1. The van der Waals surface area contributed by atoms with Crippen LogP contribution in [0.1, 0.15) is 36.6 Å². The van der Waals surface area contributed by atoms with Crippen LogP contribution in [0.5, 0.6) is 11.5 Å². The minimum atomic E-state index is -0.718. The molecule has 0 fully saturated rings. The number of benzene rings is 3. The van der Waals surface area contributed by atoms with Crippen molar-refractivity contribution in [3.63, 3.8) is 0 Å². The van der Waals surface area contributed by atoms with Crippen LogP contribution in [0.4, 0.5) is 0 Å². The number of ether oxygens (including phenoxy) is 3. The van der Waals surface area contributed by atoms with Gasteiger partial charge in [0.15, 0.2) is 16.3 Å². The Morgan fingerprint density at radius 1 is 1.10 bits per heavy atom. The highest BCUT2D eigenvalue weighted by molar-refractivity contribution is 9.10. The van der Waals surface area contributed by atoms with Gasteiger partial charge in [-0.3, -0.25) is 9.36 Å². The molecular formula is C31H25BrCl2N2O5S. The smallest absolute Gasteiger partial charge is 0.338 e. The van der Waals surface area contributed by atoms with Gasteiger partial charge in [0.25, 0.3) is 5.56 Å². The largest absolute Gasteiger partial charge is 0.493 e. The van der Waals surface area contributed by atoms with Crippen LogP contribution < -0.4 is 24.4 Å². The molecule has 1 atom stereocenters. The first kappa shape index (κ1) is 30.1. The number of hydrogen-bond acceptors (Lipinski definition) is 7. The average molecular weight is 688 g/mol. The second kappa shape index (κ2) is 12.9. The fourth-order valence-electron chi connectivity index (χ4n) is 4.60. The van der Waals surface area contributed by atoms with E-state index >= 15 is 0 Å². The van der Waals surface area contributed by atoms with Crippen molar-refractivity contribution in [2.24, 2.45) is 4.99 Å². The topological polar surface area (TPSA) is 79.1 Å². The summed E-state index contributed by atoms with van der Waals surface area (Å²) in [6.45, 7) is 4.00. The van der Waals surface area contributed by atoms with Crippen LogP contribution in [0.3, 0.4) is 0 Å². The maximum absolute atomic E-state index is 13.9. The molecule has 0 aliphatic carbocycles. The van der Waals surface area contributed by atoms with E-state index < -0.39 is 12.0 Å². The number of nitrogens with zero attached hydrogens (tertiary/aromatic N) is 2. The van der Waals surface area contributed by atoms with Crippen LogP contribution in [0.15, 0.2) is 86.2 Å². The zero-order valence-electron chi connectivity index (χ0n) is 22.8. The standard InChI is InChI=1S/C31H25BrCl2N2O5S/c1-4-40-30(38)26-17(2)35-31-36(27(26)20-7-11-22(34)12-8-20)29(37)25(42-31)15-19-13-23(32)28(24(14-19)39-3)41-16-18-5-9-21(33)10-6-18/h5-15,27H,4,16H2,1-3H3/b25-15-/t27-/m1/s1. The van der Waals surface area contributed by atoms with Crippen molar-refractivity contribution < 1.29 is 19.0 Å². The first-order chi connectivity index (χ1) is 20.2. The van der Waals surface area contributed by atoms with Gasteiger partial charge in [0, 0.05) is 10.0 Å². The van der Waals surface area contributed by atoms with E-state index in [1.807, 2.05) is 18.2 Å². The molecule has 0 saturated carbocycles. The van der Waals surface area contributed by atoms with E-state index in [1.54, 1.807) is 69.5 Å². The Morgan fingerprint density at radius 2 is 1.76 bits per heavy atom. The van der Waals surface area contributed by atoms with Gasteiger partial charge in [-0.1, -0.05) is 58.8 Å². The number of carbonyl (C=O) groups is 1. The quantitative estimate of drug-likeness (QED) is 0.199. The summed E-state index contributed by atoms with van der Waals surface area (Å²) in [6.07, 6.45) is 1.77. The van der Waals surface area contributed by atoms with E-state index in [-0.39, 0.29) is 12.2 Å². The molecule has 0 radical (unpaired) electrons. The van der Waals surface area contributed by atoms with Crippen LogP contribution in [0.25, 0.3) is 6.08 Å². The van der Waals surface area contributed by atoms with Crippen molar-refractivity contribution in [2.45, 2.75) is 26.5 Å².